The molecule has 0 aliphatic heterocycles. The Hall–Kier alpha value is -1.73. The lowest BCUT2D eigenvalue weighted by molar-refractivity contribution is 0.340. The Morgan fingerprint density at radius 1 is 0.917 bits per heavy atom. The third kappa shape index (κ3) is 6.05. The molecule has 0 aliphatic rings. The van der Waals surface area contributed by atoms with Crippen LogP contribution in [0.15, 0.2) is 48.5 Å². The molecule has 0 saturated carbocycles. The number of benzene rings is 2. The number of ether oxygens (including phenoxy) is 1. The van der Waals surface area contributed by atoms with Gasteiger partial charge in [-0.3, -0.25) is 0 Å². The minimum absolute atomic E-state index is 0.681. The van der Waals surface area contributed by atoms with Crippen molar-refractivity contribution in [3.8, 4) is 5.75 Å². The van der Waals surface area contributed by atoms with Crippen molar-refractivity contribution in [1.29, 1.82) is 0 Å². The summed E-state index contributed by atoms with van der Waals surface area (Å²) >= 11 is 6.47. The average Bonchev–Trinajstić information content (AvgIpc) is 2.61. The molecule has 0 unspecified atom stereocenters. The Labute approximate surface area is 151 Å². The number of hydrogen-bond acceptors (Lipinski definition) is 1. The van der Waals surface area contributed by atoms with E-state index in [2.05, 4.69) is 31.2 Å². The molecule has 0 N–H and O–H groups in total. The molecule has 0 bridgehead atoms. The van der Waals surface area contributed by atoms with E-state index >= 15 is 0 Å². The fourth-order valence-electron chi connectivity index (χ4n) is 2.64. The zero-order valence-electron chi connectivity index (χ0n) is 14.7. The highest BCUT2D eigenvalue weighted by Crippen LogP contribution is 2.24. The minimum atomic E-state index is 0.681. The summed E-state index contributed by atoms with van der Waals surface area (Å²) in [6.45, 7) is 4.91. The van der Waals surface area contributed by atoms with Gasteiger partial charge in [0.1, 0.15) is 5.75 Å². The summed E-state index contributed by atoms with van der Waals surface area (Å²) in [5.41, 5.74) is 3.52. The van der Waals surface area contributed by atoms with Crippen molar-refractivity contribution in [3.63, 3.8) is 0 Å². The maximum atomic E-state index is 6.47. The van der Waals surface area contributed by atoms with Crippen LogP contribution in [0.5, 0.6) is 5.75 Å². The third-order valence-electron chi connectivity index (χ3n) is 4.03. The molecule has 0 saturated heterocycles. The second kappa shape index (κ2) is 10.2. The topological polar surface area (TPSA) is 9.23 Å². The lowest BCUT2D eigenvalue weighted by atomic mass is 10.0. The van der Waals surface area contributed by atoms with Gasteiger partial charge in [-0.15, -0.1) is 0 Å². The zero-order chi connectivity index (χ0) is 17.2. The maximum Gasteiger partial charge on any atom is 0.119 e. The molecule has 2 rings (SSSR count). The van der Waals surface area contributed by atoms with Crippen LogP contribution in [0.25, 0.3) is 11.1 Å². The van der Waals surface area contributed by atoms with Gasteiger partial charge in [0.15, 0.2) is 0 Å². The van der Waals surface area contributed by atoms with Gasteiger partial charge in [-0.2, -0.15) is 0 Å². The molecule has 0 fully saturated rings. The highest BCUT2D eigenvalue weighted by atomic mass is 35.5. The first-order chi connectivity index (χ1) is 11.7. The van der Waals surface area contributed by atoms with Gasteiger partial charge in [0.05, 0.1) is 6.61 Å². The third-order valence-corrected chi connectivity index (χ3v) is 4.36. The maximum absolute atomic E-state index is 6.47. The van der Waals surface area contributed by atoms with Gasteiger partial charge in [-0.05, 0) is 54.7 Å². The van der Waals surface area contributed by atoms with Crippen molar-refractivity contribution in [3.05, 3.63) is 65.2 Å². The van der Waals surface area contributed by atoms with Crippen LogP contribution >= 0.6 is 11.6 Å². The second-order valence-electron chi connectivity index (χ2n) is 6.00. The van der Waals surface area contributed by atoms with Crippen molar-refractivity contribution in [2.24, 2.45) is 0 Å². The first-order valence-electron chi connectivity index (χ1n) is 8.92. The van der Waals surface area contributed by atoms with Gasteiger partial charge in [-0.1, -0.05) is 74.2 Å². The lowest BCUT2D eigenvalue weighted by Gasteiger charge is -2.05. The Balaban J connectivity index is 1.96. The van der Waals surface area contributed by atoms with Crippen LogP contribution in [-0.4, -0.2) is 6.61 Å². The Morgan fingerprint density at radius 2 is 1.62 bits per heavy atom. The summed E-state index contributed by atoms with van der Waals surface area (Å²) in [5, 5.41) is 0.761. The molecule has 0 radical (unpaired) electrons. The van der Waals surface area contributed by atoms with Crippen LogP contribution in [0.3, 0.4) is 0 Å². The second-order valence-corrected chi connectivity index (χ2v) is 6.41. The fraction of sp³-hybridized carbons (Fsp3) is 0.364. The van der Waals surface area contributed by atoms with Gasteiger partial charge in [0, 0.05) is 5.03 Å². The standard InChI is InChI=1S/C22H27ClO/c1-3-5-6-7-8-18-9-13-20(14-10-18)22(23)17-19-11-15-21(16-12-19)24-4-2/h9-17H,3-8H2,1-2H3/b22-17-. The summed E-state index contributed by atoms with van der Waals surface area (Å²) in [5.74, 6) is 0.887. The van der Waals surface area contributed by atoms with Gasteiger partial charge in [0.2, 0.25) is 0 Å². The van der Waals surface area contributed by atoms with Crippen molar-refractivity contribution < 1.29 is 4.74 Å². The van der Waals surface area contributed by atoms with Crippen LogP contribution in [0.2, 0.25) is 0 Å². The van der Waals surface area contributed by atoms with E-state index in [0.717, 1.165) is 28.3 Å². The average molecular weight is 343 g/mol. The summed E-state index contributed by atoms with van der Waals surface area (Å²) < 4.78 is 5.46. The van der Waals surface area contributed by atoms with E-state index in [-0.39, 0.29) is 0 Å². The monoisotopic (exact) mass is 342 g/mol. The molecule has 2 aromatic carbocycles. The molecule has 0 aliphatic carbocycles. The van der Waals surface area contributed by atoms with Gasteiger partial charge < -0.3 is 4.74 Å². The Morgan fingerprint density at radius 3 is 2.25 bits per heavy atom. The fourth-order valence-corrected chi connectivity index (χ4v) is 2.90. The number of unbranched alkanes of at least 4 members (excludes halogenated alkanes) is 3. The summed E-state index contributed by atoms with van der Waals surface area (Å²) in [6, 6.07) is 16.6. The number of aryl methyl sites for hydroxylation is 1. The van der Waals surface area contributed by atoms with E-state index in [0.29, 0.717) is 6.61 Å². The molecule has 2 heteroatoms. The Kier molecular flexibility index (Phi) is 7.91. The molecule has 2 aromatic rings. The van der Waals surface area contributed by atoms with Gasteiger partial charge >= 0.3 is 0 Å². The van der Waals surface area contributed by atoms with Crippen molar-refractivity contribution in [2.75, 3.05) is 6.61 Å². The van der Waals surface area contributed by atoms with Crippen LogP contribution in [-0.2, 0) is 6.42 Å². The molecule has 0 amide bonds. The SMILES string of the molecule is CCCCCCc1ccc(/C(Cl)=C/c2ccc(OCC)cc2)cc1. The van der Waals surface area contributed by atoms with E-state index in [9.17, 15) is 0 Å². The molecule has 0 spiro atoms. The highest BCUT2D eigenvalue weighted by molar-refractivity contribution is 6.51. The van der Waals surface area contributed by atoms with Crippen LogP contribution < -0.4 is 4.74 Å². The molecule has 0 heterocycles. The van der Waals surface area contributed by atoms with E-state index in [1.54, 1.807) is 0 Å². The molecule has 1 nitrogen and oxygen atoms in total. The summed E-state index contributed by atoms with van der Waals surface area (Å²) in [7, 11) is 0. The molecular weight excluding hydrogens is 316 g/mol. The Bertz CT molecular complexity index is 626. The van der Waals surface area contributed by atoms with Gasteiger partial charge in [-0.25, -0.2) is 0 Å². The normalized spacial score (nSPS) is 11.5. The van der Waals surface area contributed by atoms with Crippen LogP contribution in [0, 0.1) is 0 Å². The molecule has 128 valence electrons. The number of hydrogen-bond donors (Lipinski definition) is 0. The molecule has 24 heavy (non-hydrogen) atoms. The minimum Gasteiger partial charge on any atom is -0.494 e. The summed E-state index contributed by atoms with van der Waals surface area (Å²) in [6.07, 6.45) is 8.34. The van der Waals surface area contributed by atoms with E-state index in [4.69, 9.17) is 16.3 Å². The first kappa shape index (κ1) is 18.6. The molecule has 0 aromatic heterocycles. The van der Waals surface area contributed by atoms with Crippen molar-refractivity contribution >= 4 is 22.7 Å². The van der Waals surface area contributed by atoms with Crippen LogP contribution in [0.4, 0.5) is 0 Å². The summed E-state index contributed by atoms with van der Waals surface area (Å²) in [4.78, 5) is 0. The zero-order valence-corrected chi connectivity index (χ0v) is 15.5. The lowest BCUT2D eigenvalue weighted by Crippen LogP contribution is -1.90. The largest absolute Gasteiger partial charge is 0.494 e. The van der Waals surface area contributed by atoms with Gasteiger partial charge in [0.25, 0.3) is 0 Å². The van der Waals surface area contributed by atoms with E-state index in [1.807, 2.05) is 37.3 Å². The smallest absolute Gasteiger partial charge is 0.119 e. The predicted molar refractivity (Wildman–Crippen MR) is 106 cm³/mol. The molecule has 0 atom stereocenters. The highest BCUT2D eigenvalue weighted by Gasteiger charge is 2.01. The van der Waals surface area contributed by atoms with Crippen LogP contribution in [0.1, 0.15) is 56.2 Å². The predicted octanol–water partition coefficient (Wildman–Crippen LogP) is 6.95. The van der Waals surface area contributed by atoms with E-state index < -0.39 is 0 Å². The first-order valence-corrected chi connectivity index (χ1v) is 9.30. The molecular formula is C22H27ClO. The van der Waals surface area contributed by atoms with E-state index in [1.165, 1.54) is 31.2 Å². The quantitative estimate of drug-likeness (QED) is 0.354. The number of rotatable bonds is 9. The van der Waals surface area contributed by atoms with Crippen molar-refractivity contribution in [2.45, 2.75) is 46.0 Å². The number of halogens is 1. The van der Waals surface area contributed by atoms with Crippen molar-refractivity contribution in [1.82, 2.24) is 0 Å².